The molecule has 184 valence electrons. The number of fused-ring (bicyclic) bond motifs is 3. The van der Waals surface area contributed by atoms with Crippen LogP contribution < -0.4 is 24.9 Å². The van der Waals surface area contributed by atoms with Crippen molar-refractivity contribution >= 4 is 74.1 Å². The second kappa shape index (κ2) is 10.2. The first kappa shape index (κ1) is 25.6. The molecule has 4 rings (SSSR count). The molecule has 1 N–H and O–H groups in total. The van der Waals surface area contributed by atoms with Gasteiger partial charge in [-0.2, -0.15) is 0 Å². The molecule has 35 heavy (non-hydrogen) atoms. The first-order valence-electron chi connectivity index (χ1n) is 10.7. The molecule has 0 saturated carbocycles. The van der Waals surface area contributed by atoms with Crippen molar-refractivity contribution in [3.63, 3.8) is 0 Å². The molecule has 0 saturated heterocycles. The van der Waals surface area contributed by atoms with E-state index < -0.39 is 10.0 Å². The zero-order valence-electron chi connectivity index (χ0n) is 19.1. The molecule has 0 fully saturated rings. The Morgan fingerprint density at radius 2 is 1.94 bits per heavy atom. The van der Waals surface area contributed by atoms with E-state index in [1.54, 1.807) is 28.7 Å². The van der Waals surface area contributed by atoms with Gasteiger partial charge in [0.2, 0.25) is 15.9 Å². The molecule has 0 bridgehead atoms. The minimum atomic E-state index is -1.92. The van der Waals surface area contributed by atoms with Gasteiger partial charge in [0.15, 0.2) is 16.5 Å². The minimum Gasteiger partial charge on any atom is -0.493 e. The second-order valence-electron chi connectivity index (χ2n) is 8.25. The fraction of sp³-hybridized carbons (Fsp3) is 0.292. The molecule has 0 aliphatic heterocycles. The first-order chi connectivity index (χ1) is 16.6. The highest BCUT2D eigenvalue weighted by molar-refractivity contribution is 7.15. The van der Waals surface area contributed by atoms with Crippen LogP contribution in [0, 0.1) is 5.92 Å². The average molecular weight is 555 g/mol. The van der Waals surface area contributed by atoms with Crippen LogP contribution >= 0.6 is 46.1 Å². The number of carbonyl (C=O) groups excluding carboxylic acids is 1. The number of halogens is 3. The molecule has 1 amide bonds. The summed E-state index contributed by atoms with van der Waals surface area (Å²) < 4.78 is 11.5. The van der Waals surface area contributed by atoms with Gasteiger partial charge in [-0.25, -0.2) is 9.38 Å². The average Bonchev–Trinajstić information content (AvgIpc) is 3.29. The molecule has 7 nitrogen and oxygen atoms in total. The number of hydrogen-bond donors (Lipinski definition) is 1. The van der Waals surface area contributed by atoms with Crippen LogP contribution in [0.3, 0.4) is 0 Å². The Morgan fingerprint density at radius 3 is 2.63 bits per heavy atom. The first-order valence-corrected chi connectivity index (χ1v) is 12.6. The maximum absolute atomic E-state index is 13.0. The highest BCUT2D eigenvalue weighted by Gasteiger charge is 2.36. The van der Waals surface area contributed by atoms with Crippen molar-refractivity contribution in [3.05, 3.63) is 62.9 Å². The zero-order valence-corrected chi connectivity index (χ0v) is 22.1. The van der Waals surface area contributed by atoms with Crippen LogP contribution in [0.2, 0.25) is 0 Å². The van der Waals surface area contributed by atoms with Gasteiger partial charge < -0.3 is 14.8 Å². The number of amides is 1. The number of para-hydroxylation sites is 2. The fourth-order valence-electron chi connectivity index (χ4n) is 3.52. The minimum absolute atomic E-state index is 0.124. The summed E-state index contributed by atoms with van der Waals surface area (Å²) >= 11 is 19.5. The lowest BCUT2D eigenvalue weighted by Crippen LogP contribution is -2.48. The number of aromatic nitrogens is 2. The van der Waals surface area contributed by atoms with Gasteiger partial charge in [-0.05, 0) is 41.8 Å². The third kappa shape index (κ3) is 5.67. The fourth-order valence-corrected chi connectivity index (χ4v) is 4.80. The van der Waals surface area contributed by atoms with Gasteiger partial charge in [0.05, 0.1) is 22.7 Å². The van der Waals surface area contributed by atoms with Gasteiger partial charge in [-0.1, -0.05) is 78.2 Å². The van der Waals surface area contributed by atoms with E-state index in [4.69, 9.17) is 44.3 Å². The molecule has 0 aliphatic carbocycles. The lowest BCUT2D eigenvalue weighted by molar-refractivity contribution is -0.124. The molecule has 2 aromatic carbocycles. The van der Waals surface area contributed by atoms with Crippen molar-refractivity contribution in [2.45, 2.75) is 30.3 Å². The summed E-state index contributed by atoms with van der Waals surface area (Å²) in [6.07, 6.45) is 0.761. The summed E-state index contributed by atoms with van der Waals surface area (Å²) in [7, 11) is 1.47. The molecule has 0 spiro atoms. The number of methoxy groups -OCH3 is 1. The Hall–Kier alpha value is -2.52. The number of rotatable bonds is 7. The number of ether oxygens (including phenoxy) is 2. The number of nitrogens with zero attached hydrogens (tertiary/aromatic N) is 2. The molecular formula is C24H22Cl3N3O4S. The summed E-state index contributed by atoms with van der Waals surface area (Å²) in [4.78, 5) is 30.4. The van der Waals surface area contributed by atoms with E-state index in [0.717, 1.165) is 11.0 Å². The summed E-state index contributed by atoms with van der Waals surface area (Å²) in [5, 5.41) is 2.61. The van der Waals surface area contributed by atoms with Crippen molar-refractivity contribution < 1.29 is 14.3 Å². The summed E-state index contributed by atoms with van der Waals surface area (Å²) in [6, 6.07) is 12.6. The molecule has 2 aromatic heterocycles. The monoisotopic (exact) mass is 553 g/mol. The van der Waals surface area contributed by atoms with Crippen LogP contribution in [0.5, 0.6) is 11.5 Å². The van der Waals surface area contributed by atoms with Crippen LogP contribution in [0.4, 0.5) is 0 Å². The molecule has 0 unspecified atom stereocenters. The van der Waals surface area contributed by atoms with Crippen molar-refractivity contribution in [1.29, 1.82) is 0 Å². The number of benzene rings is 2. The van der Waals surface area contributed by atoms with Crippen LogP contribution in [-0.2, 0) is 4.79 Å². The van der Waals surface area contributed by atoms with Crippen molar-refractivity contribution in [2.24, 2.45) is 5.92 Å². The van der Waals surface area contributed by atoms with Gasteiger partial charge in [0.1, 0.15) is 0 Å². The highest BCUT2D eigenvalue weighted by atomic mass is 35.6. The molecule has 2 heterocycles. The van der Waals surface area contributed by atoms with Crippen LogP contribution in [0.1, 0.15) is 25.8 Å². The highest BCUT2D eigenvalue weighted by Crippen LogP contribution is 2.36. The molecule has 4 aromatic rings. The summed E-state index contributed by atoms with van der Waals surface area (Å²) in [5.74, 6) is 0.424. The quantitative estimate of drug-likeness (QED) is 0.264. The lowest BCUT2D eigenvalue weighted by atomic mass is 10.1. The Labute approximate surface area is 220 Å². The molecule has 11 heteroatoms. The lowest BCUT2D eigenvalue weighted by Gasteiger charge is -2.27. The predicted molar refractivity (Wildman–Crippen MR) is 141 cm³/mol. The number of imidazole rings is 1. The third-order valence-corrected chi connectivity index (χ3v) is 6.62. The van der Waals surface area contributed by atoms with Crippen molar-refractivity contribution in [1.82, 2.24) is 14.7 Å². The Balaban J connectivity index is 1.65. The smallest absolute Gasteiger partial charge is 0.274 e. The normalized spacial score (nSPS) is 13.5. The second-order valence-corrected chi connectivity index (χ2v) is 11.6. The van der Waals surface area contributed by atoms with Crippen molar-refractivity contribution in [2.75, 3.05) is 7.11 Å². The Kier molecular flexibility index (Phi) is 7.47. The number of thiazole rings is 1. The van der Waals surface area contributed by atoms with Crippen LogP contribution in [0.25, 0.3) is 22.1 Å². The van der Waals surface area contributed by atoms with Crippen LogP contribution in [-0.4, -0.2) is 32.4 Å². The standard InChI is InChI=1S/C24H22Cl3N3O4S/c1-13(2)10-20(31)29-22(24(25,26)27)34-17-9-8-14(11-18(17)33-3)12-19-21(32)30-16-7-5-4-6-15(16)28-23(30)35-19/h4-9,11-13,22H,10H2,1-3H3,(H,29,31)/b19-12-/t22-/m1/s1. The van der Waals surface area contributed by atoms with Gasteiger partial charge in [0, 0.05) is 6.42 Å². The van der Waals surface area contributed by atoms with Gasteiger partial charge >= 0.3 is 0 Å². The number of carbonyl (C=O) groups is 1. The maximum atomic E-state index is 13.0. The number of hydrogen-bond acceptors (Lipinski definition) is 6. The SMILES string of the molecule is COc1cc(/C=c2\sc3nc4ccccc4n3c2=O)ccc1O[C@@H](NC(=O)CC(C)C)C(Cl)(Cl)Cl. The molecule has 1 atom stereocenters. The summed E-state index contributed by atoms with van der Waals surface area (Å²) in [6.45, 7) is 3.81. The van der Waals surface area contributed by atoms with E-state index in [0.29, 0.717) is 20.8 Å². The van der Waals surface area contributed by atoms with Gasteiger partial charge in [-0.15, -0.1) is 0 Å². The molecule has 0 aliphatic rings. The van der Waals surface area contributed by atoms with E-state index in [9.17, 15) is 9.59 Å². The van der Waals surface area contributed by atoms with Crippen LogP contribution in [0.15, 0.2) is 47.3 Å². The maximum Gasteiger partial charge on any atom is 0.274 e. The van der Waals surface area contributed by atoms with Gasteiger partial charge in [0.25, 0.3) is 5.56 Å². The third-order valence-electron chi connectivity index (χ3n) is 5.06. The molecule has 0 radical (unpaired) electrons. The van der Waals surface area contributed by atoms with E-state index in [2.05, 4.69) is 10.3 Å². The largest absolute Gasteiger partial charge is 0.493 e. The summed E-state index contributed by atoms with van der Waals surface area (Å²) in [5.41, 5.74) is 2.09. The number of alkyl halides is 3. The topological polar surface area (TPSA) is 81.9 Å². The van der Waals surface area contributed by atoms with E-state index in [1.165, 1.54) is 18.4 Å². The predicted octanol–water partition coefficient (Wildman–Crippen LogP) is 4.70. The molecular weight excluding hydrogens is 533 g/mol. The van der Waals surface area contributed by atoms with Crippen molar-refractivity contribution in [3.8, 4) is 11.5 Å². The van der Waals surface area contributed by atoms with E-state index >= 15 is 0 Å². The van der Waals surface area contributed by atoms with E-state index in [1.807, 2.05) is 38.1 Å². The Bertz CT molecular complexity index is 1490. The van der Waals surface area contributed by atoms with Gasteiger partial charge in [-0.3, -0.25) is 9.59 Å². The van der Waals surface area contributed by atoms with E-state index in [-0.39, 0.29) is 29.6 Å². The Morgan fingerprint density at radius 1 is 1.20 bits per heavy atom. The number of nitrogens with one attached hydrogen (secondary N) is 1. The zero-order chi connectivity index (χ0) is 25.3.